The van der Waals surface area contributed by atoms with Crippen molar-refractivity contribution in [1.29, 1.82) is 0 Å². The quantitative estimate of drug-likeness (QED) is 0.151. The van der Waals surface area contributed by atoms with E-state index in [1.165, 1.54) is 0 Å². The molecule has 0 saturated carbocycles. The summed E-state index contributed by atoms with van der Waals surface area (Å²) in [6, 6.07) is -5.54. The van der Waals surface area contributed by atoms with Crippen molar-refractivity contribution in [2.24, 2.45) is 17.6 Å². The standard InChI is InChI=1S/C20H34N4O9/c1-9(2)5-11(21)17(29)22-12(6-10(3)4)18(30)23-13(7-15(25)26)19(31)24-14(20(32)33)8-16(27)28/h9-14H,5-8,21H2,1-4H3,(H,22,29)(H,23,30)(H,24,31)(H,25,26)(H,27,28)(H,32,33). The highest BCUT2D eigenvalue weighted by atomic mass is 16.4. The van der Waals surface area contributed by atoms with Gasteiger partial charge in [-0.3, -0.25) is 24.0 Å². The van der Waals surface area contributed by atoms with Crippen molar-refractivity contribution in [3.63, 3.8) is 0 Å². The lowest BCUT2D eigenvalue weighted by Crippen LogP contribution is -2.58. The van der Waals surface area contributed by atoms with Gasteiger partial charge in [-0.25, -0.2) is 4.79 Å². The number of nitrogens with two attached hydrogens (primary N) is 1. The van der Waals surface area contributed by atoms with Gasteiger partial charge in [0.25, 0.3) is 0 Å². The van der Waals surface area contributed by atoms with Crippen LogP contribution in [-0.2, 0) is 28.8 Å². The Morgan fingerprint density at radius 1 is 0.636 bits per heavy atom. The van der Waals surface area contributed by atoms with E-state index in [0.29, 0.717) is 6.42 Å². The lowest BCUT2D eigenvalue weighted by Gasteiger charge is -2.25. The van der Waals surface area contributed by atoms with Gasteiger partial charge in [-0.1, -0.05) is 27.7 Å². The molecule has 188 valence electrons. The molecule has 33 heavy (non-hydrogen) atoms. The van der Waals surface area contributed by atoms with Gasteiger partial charge in [-0.15, -0.1) is 0 Å². The first kappa shape index (κ1) is 29.8. The summed E-state index contributed by atoms with van der Waals surface area (Å²) >= 11 is 0. The Morgan fingerprint density at radius 2 is 1.03 bits per heavy atom. The summed E-state index contributed by atoms with van der Waals surface area (Å²) in [5.74, 6) is -7.19. The lowest BCUT2D eigenvalue weighted by atomic mass is 10.00. The van der Waals surface area contributed by atoms with E-state index in [1.54, 1.807) is 13.8 Å². The number of aliphatic carboxylic acids is 3. The molecule has 13 heteroatoms. The molecule has 0 saturated heterocycles. The summed E-state index contributed by atoms with van der Waals surface area (Å²) in [6.07, 6.45) is -1.32. The maximum Gasteiger partial charge on any atom is 0.326 e. The second kappa shape index (κ2) is 14.0. The molecule has 0 spiro atoms. The zero-order valence-corrected chi connectivity index (χ0v) is 19.2. The van der Waals surface area contributed by atoms with Gasteiger partial charge in [0.05, 0.1) is 18.9 Å². The molecule has 8 N–H and O–H groups in total. The monoisotopic (exact) mass is 474 g/mol. The normalized spacial score (nSPS) is 14.6. The second-order valence-electron chi connectivity index (χ2n) is 8.58. The van der Waals surface area contributed by atoms with Crippen LogP contribution in [0.25, 0.3) is 0 Å². The van der Waals surface area contributed by atoms with Crippen LogP contribution in [0.2, 0.25) is 0 Å². The molecule has 0 aromatic heterocycles. The summed E-state index contributed by atoms with van der Waals surface area (Å²) in [7, 11) is 0. The van der Waals surface area contributed by atoms with E-state index in [0.717, 1.165) is 0 Å². The van der Waals surface area contributed by atoms with Gasteiger partial charge in [-0.05, 0) is 24.7 Å². The molecule has 0 heterocycles. The minimum atomic E-state index is -1.83. The van der Waals surface area contributed by atoms with E-state index in [1.807, 2.05) is 19.2 Å². The minimum Gasteiger partial charge on any atom is -0.481 e. The number of rotatable bonds is 15. The summed E-state index contributed by atoms with van der Waals surface area (Å²) < 4.78 is 0. The average molecular weight is 475 g/mol. The van der Waals surface area contributed by atoms with Crippen molar-refractivity contribution in [2.75, 3.05) is 0 Å². The number of carbonyl (C=O) groups excluding carboxylic acids is 3. The highest BCUT2D eigenvalue weighted by Gasteiger charge is 2.32. The number of amides is 3. The fourth-order valence-electron chi connectivity index (χ4n) is 2.90. The maximum absolute atomic E-state index is 12.8. The predicted octanol–water partition coefficient (Wildman–Crippen LogP) is -1.11. The van der Waals surface area contributed by atoms with Crippen LogP contribution in [0, 0.1) is 11.8 Å². The van der Waals surface area contributed by atoms with Crippen LogP contribution >= 0.6 is 0 Å². The zero-order valence-electron chi connectivity index (χ0n) is 19.2. The van der Waals surface area contributed by atoms with Crippen LogP contribution in [0.5, 0.6) is 0 Å². The Balaban J connectivity index is 5.54. The van der Waals surface area contributed by atoms with Crippen LogP contribution in [0.1, 0.15) is 53.4 Å². The van der Waals surface area contributed by atoms with Gasteiger partial charge in [0.1, 0.15) is 18.1 Å². The smallest absolute Gasteiger partial charge is 0.326 e. The Bertz CT molecular complexity index is 739. The number of carbonyl (C=O) groups is 6. The Labute approximate surface area is 191 Å². The molecule has 0 radical (unpaired) electrons. The third-order valence-corrected chi connectivity index (χ3v) is 4.41. The summed E-state index contributed by atoms with van der Waals surface area (Å²) in [5.41, 5.74) is 5.85. The third kappa shape index (κ3) is 12.4. The average Bonchev–Trinajstić information content (AvgIpc) is 2.64. The molecule has 0 aliphatic rings. The van der Waals surface area contributed by atoms with Gasteiger partial charge < -0.3 is 37.0 Å². The number of carboxylic acids is 3. The number of hydrogen-bond donors (Lipinski definition) is 7. The molecule has 4 atom stereocenters. The summed E-state index contributed by atoms with van der Waals surface area (Å²) in [6.45, 7) is 7.31. The highest BCUT2D eigenvalue weighted by molar-refractivity contribution is 5.96. The molecule has 4 unspecified atom stereocenters. The van der Waals surface area contributed by atoms with Crippen molar-refractivity contribution in [3.8, 4) is 0 Å². The zero-order chi connectivity index (χ0) is 25.9. The Hall–Kier alpha value is -3.22. The molecule has 0 aromatic rings. The van der Waals surface area contributed by atoms with Crippen LogP contribution in [0.4, 0.5) is 0 Å². The summed E-state index contributed by atoms with van der Waals surface area (Å²) in [5, 5.41) is 33.6. The highest BCUT2D eigenvalue weighted by Crippen LogP contribution is 2.09. The molecule has 0 aliphatic heterocycles. The van der Waals surface area contributed by atoms with E-state index in [9.17, 15) is 28.8 Å². The van der Waals surface area contributed by atoms with Crippen molar-refractivity contribution >= 4 is 35.6 Å². The molecular weight excluding hydrogens is 440 g/mol. The van der Waals surface area contributed by atoms with Gasteiger partial charge >= 0.3 is 17.9 Å². The largest absolute Gasteiger partial charge is 0.481 e. The lowest BCUT2D eigenvalue weighted by molar-refractivity contribution is -0.148. The number of nitrogens with one attached hydrogen (secondary N) is 3. The molecule has 0 rings (SSSR count). The molecule has 3 amide bonds. The van der Waals surface area contributed by atoms with Crippen LogP contribution in [0.15, 0.2) is 0 Å². The van der Waals surface area contributed by atoms with E-state index in [2.05, 4.69) is 10.6 Å². The maximum atomic E-state index is 12.8. The van der Waals surface area contributed by atoms with Crippen LogP contribution in [-0.4, -0.2) is 75.1 Å². The van der Waals surface area contributed by atoms with Gasteiger partial charge in [0, 0.05) is 0 Å². The molecule has 0 aliphatic carbocycles. The van der Waals surface area contributed by atoms with Crippen LogP contribution < -0.4 is 21.7 Å². The predicted molar refractivity (Wildman–Crippen MR) is 115 cm³/mol. The Morgan fingerprint density at radius 3 is 1.45 bits per heavy atom. The molecule has 13 nitrogen and oxygen atoms in total. The fourth-order valence-corrected chi connectivity index (χ4v) is 2.90. The van der Waals surface area contributed by atoms with Crippen LogP contribution in [0.3, 0.4) is 0 Å². The van der Waals surface area contributed by atoms with E-state index >= 15 is 0 Å². The second-order valence-corrected chi connectivity index (χ2v) is 8.58. The first-order valence-corrected chi connectivity index (χ1v) is 10.5. The summed E-state index contributed by atoms with van der Waals surface area (Å²) in [4.78, 5) is 70.8. The van der Waals surface area contributed by atoms with E-state index in [4.69, 9.17) is 21.1 Å². The molecule has 0 bridgehead atoms. The van der Waals surface area contributed by atoms with Crippen molar-refractivity contribution in [1.82, 2.24) is 16.0 Å². The topological polar surface area (TPSA) is 225 Å². The number of hydrogen-bond acceptors (Lipinski definition) is 7. The van der Waals surface area contributed by atoms with Gasteiger partial charge in [0.2, 0.25) is 17.7 Å². The third-order valence-electron chi connectivity index (χ3n) is 4.41. The first-order chi connectivity index (χ1) is 15.1. The van der Waals surface area contributed by atoms with E-state index < -0.39 is 72.6 Å². The first-order valence-electron chi connectivity index (χ1n) is 10.5. The minimum absolute atomic E-state index is 0.0684. The van der Waals surface area contributed by atoms with Gasteiger partial charge in [0.15, 0.2) is 0 Å². The molecular formula is C20H34N4O9. The Kier molecular flexibility index (Phi) is 12.7. The van der Waals surface area contributed by atoms with Crippen molar-refractivity contribution in [2.45, 2.75) is 77.5 Å². The van der Waals surface area contributed by atoms with Gasteiger partial charge in [-0.2, -0.15) is 0 Å². The molecule has 0 aromatic carbocycles. The van der Waals surface area contributed by atoms with Crippen molar-refractivity contribution < 1.29 is 44.1 Å². The molecule has 0 fully saturated rings. The van der Waals surface area contributed by atoms with E-state index in [-0.39, 0.29) is 18.3 Å². The fraction of sp³-hybridized carbons (Fsp3) is 0.700. The van der Waals surface area contributed by atoms with Crippen molar-refractivity contribution in [3.05, 3.63) is 0 Å². The SMILES string of the molecule is CC(C)CC(N)C(=O)NC(CC(C)C)C(=O)NC(CC(=O)O)C(=O)NC(CC(=O)O)C(=O)O. The number of carboxylic acid groups (broad SMARTS) is 3.